The summed E-state index contributed by atoms with van der Waals surface area (Å²) in [6, 6.07) is 6.10. The van der Waals surface area contributed by atoms with Crippen LogP contribution in [-0.4, -0.2) is 58.6 Å². The standard InChI is InChI=1S/C22H22FN6O3S2/c23-15-3-1-9-24-19(15)22(7-2-8-22)13-25-18-5-4-16(28-29-18)17-11-33-21(27-17)20(30)26-14-6-10-34(31,32)12-14/h1,3-5,9,14H,2,6-8,10,12-13H2,(H,25,29)(H,26,30). The number of halogens is 1. The molecular formula is C22H22FN6O3S2. The minimum atomic E-state index is -3.08. The van der Waals surface area contributed by atoms with E-state index in [1.165, 1.54) is 6.07 Å². The van der Waals surface area contributed by atoms with Crippen molar-refractivity contribution >= 4 is 32.9 Å². The summed E-state index contributed by atoms with van der Waals surface area (Å²) in [5, 5.41) is 17.5. The predicted molar refractivity (Wildman–Crippen MR) is 125 cm³/mol. The number of nitrogens with one attached hydrogen (secondary N) is 2. The quantitative estimate of drug-likeness (QED) is 0.505. The molecule has 1 unspecified atom stereocenters. The van der Waals surface area contributed by atoms with Gasteiger partial charge < -0.3 is 10.6 Å². The molecule has 1 aliphatic carbocycles. The molecule has 3 aromatic heterocycles. The summed E-state index contributed by atoms with van der Waals surface area (Å²) in [5.74, 6) is -0.134. The third kappa shape index (κ3) is 4.64. The van der Waals surface area contributed by atoms with Crippen LogP contribution in [-0.2, 0) is 15.3 Å². The van der Waals surface area contributed by atoms with Gasteiger partial charge in [-0.3, -0.25) is 9.78 Å². The van der Waals surface area contributed by atoms with E-state index in [4.69, 9.17) is 0 Å². The van der Waals surface area contributed by atoms with Crippen molar-refractivity contribution in [2.45, 2.75) is 37.1 Å². The summed E-state index contributed by atoms with van der Waals surface area (Å²) < 4.78 is 37.4. The van der Waals surface area contributed by atoms with E-state index in [-0.39, 0.29) is 27.7 Å². The predicted octanol–water partition coefficient (Wildman–Crippen LogP) is 2.39. The Morgan fingerprint density at radius 3 is 2.76 bits per heavy atom. The second-order valence-electron chi connectivity index (χ2n) is 8.67. The third-order valence-corrected chi connectivity index (χ3v) is 8.84. The van der Waals surface area contributed by atoms with Gasteiger partial charge in [-0.05, 0) is 43.5 Å². The van der Waals surface area contributed by atoms with Crippen LogP contribution < -0.4 is 10.6 Å². The molecule has 5 rings (SSSR count). The third-order valence-electron chi connectivity index (χ3n) is 6.31. The van der Waals surface area contributed by atoms with Crippen LogP contribution in [0.3, 0.4) is 0 Å². The van der Waals surface area contributed by atoms with Crippen molar-refractivity contribution < 1.29 is 17.6 Å². The number of thiazole rings is 1. The Balaban J connectivity index is 1.21. The van der Waals surface area contributed by atoms with Gasteiger partial charge in [-0.25, -0.2) is 17.8 Å². The fourth-order valence-corrected chi connectivity index (χ4v) is 6.60. The van der Waals surface area contributed by atoms with Crippen molar-refractivity contribution in [3.05, 3.63) is 52.4 Å². The van der Waals surface area contributed by atoms with E-state index in [1.807, 2.05) is 0 Å². The zero-order chi connectivity index (χ0) is 23.8. The van der Waals surface area contributed by atoms with Gasteiger partial charge in [-0.15, -0.1) is 21.5 Å². The van der Waals surface area contributed by atoms with E-state index in [0.29, 0.717) is 35.9 Å². The molecule has 4 heterocycles. The zero-order valence-electron chi connectivity index (χ0n) is 18.1. The summed E-state index contributed by atoms with van der Waals surface area (Å²) >= 11 is 1.04. The van der Waals surface area contributed by atoms with Crippen LogP contribution in [0, 0.1) is 11.2 Å². The van der Waals surface area contributed by atoms with Gasteiger partial charge in [-0.1, -0.05) is 6.42 Å². The monoisotopic (exact) mass is 501 g/mol. The van der Waals surface area contributed by atoms with Gasteiger partial charge in [0.05, 0.1) is 22.6 Å². The molecule has 1 saturated heterocycles. The highest BCUT2D eigenvalue weighted by molar-refractivity contribution is 7.91. The summed E-state index contributed by atoms with van der Waals surface area (Å²) in [4.78, 5) is 21.0. The van der Waals surface area contributed by atoms with Crippen molar-refractivity contribution in [3.63, 3.8) is 0 Å². The Labute approximate surface area is 200 Å². The van der Waals surface area contributed by atoms with Gasteiger partial charge in [-0.2, -0.15) is 0 Å². The van der Waals surface area contributed by atoms with E-state index in [0.717, 1.165) is 30.6 Å². The number of sulfone groups is 1. The van der Waals surface area contributed by atoms with Crippen LogP contribution >= 0.6 is 11.3 Å². The number of carbonyl (C=O) groups excluding carboxylic acids is 1. The number of carbonyl (C=O) groups is 1. The minimum Gasteiger partial charge on any atom is -0.368 e. The number of aromatic nitrogens is 4. The molecule has 2 aliphatic rings. The summed E-state index contributed by atoms with van der Waals surface area (Å²) in [5.41, 5.74) is 0.976. The molecule has 1 radical (unpaired) electrons. The lowest BCUT2D eigenvalue weighted by Crippen LogP contribution is -2.42. The van der Waals surface area contributed by atoms with Gasteiger partial charge in [0, 0.05) is 24.2 Å². The molecule has 0 spiro atoms. The molecule has 2 fully saturated rings. The first-order valence-corrected chi connectivity index (χ1v) is 13.6. The summed E-state index contributed by atoms with van der Waals surface area (Å²) in [6.07, 6.45) is 4.75. The second kappa shape index (κ2) is 8.99. The van der Waals surface area contributed by atoms with Gasteiger partial charge in [0.1, 0.15) is 23.0 Å². The lowest BCUT2D eigenvalue weighted by atomic mass is 9.66. The number of amides is 1. The fourth-order valence-electron chi connectivity index (χ4n) is 4.30. The number of anilines is 1. The largest absolute Gasteiger partial charge is 0.368 e. The first-order chi connectivity index (χ1) is 16.3. The van der Waals surface area contributed by atoms with E-state index in [9.17, 15) is 17.6 Å². The van der Waals surface area contributed by atoms with Crippen LogP contribution in [0.5, 0.6) is 0 Å². The molecule has 9 nitrogen and oxygen atoms in total. The fraction of sp³-hybridized carbons (Fsp3) is 0.409. The molecule has 1 aliphatic heterocycles. The van der Waals surface area contributed by atoms with Gasteiger partial charge >= 0.3 is 0 Å². The van der Waals surface area contributed by atoms with Crippen LogP contribution in [0.25, 0.3) is 11.4 Å². The lowest BCUT2D eigenvalue weighted by molar-refractivity contribution is 0.0941. The Kier molecular flexibility index (Phi) is 6.02. The van der Waals surface area contributed by atoms with Gasteiger partial charge in [0.2, 0.25) is 0 Å². The Hall–Kier alpha value is -2.99. The van der Waals surface area contributed by atoms with Crippen LogP contribution in [0.2, 0.25) is 0 Å². The molecule has 1 atom stereocenters. The molecule has 1 saturated carbocycles. The minimum absolute atomic E-state index is 0.0467. The van der Waals surface area contributed by atoms with Crippen LogP contribution in [0.1, 0.15) is 41.2 Å². The Morgan fingerprint density at radius 1 is 1.26 bits per heavy atom. The average Bonchev–Trinajstić information content (AvgIpc) is 3.41. The molecule has 12 heteroatoms. The van der Waals surface area contributed by atoms with E-state index in [2.05, 4.69) is 36.2 Å². The van der Waals surface area contributed by atoms with E-state index < -0.39 is 21.8 Å². The van der Waals surface area contributed by atoms with Gasteiger partial charge in [0.15, 0.2) is 14.8 Å². The van der Waals surface area contributed by atoms with Crippen molar-refractivity contribution in [2.24, 2.45) is 0 Å². The van der Waals surface area contributed by atoms with Crippen LogP contribution in [0.15, 0.2) is 30.5 Å². The molecule has 177 valence electrons. The number of hydrogen-bond acceptors (Lipinski definition) is 9. The second-order valence-corrected chi connectivity index (χ2v) is 11.7. The van der Waals surface area contributed by atoms with Crippen molar-refractivity contribution in [3.8, 4) is 11.4 Å². The molecule has 0 bridgehead atoms. The zero-order valence-corrected chi connectivity index (χ0v) is 19.8. The van der Waals surface area contributed by atoms with Gasteiger partial charge in [0.25, 0.3) is 5.91 Å². The lowest BCUT2D eigenvalue weighted by Gasteiger charge is -2.41. The highest BCUT2D eigenvalue weighted by Gasteiger charge is 2.41. The summed E-state index contributed by atoms with van der Waals surface area (Å²) in [7, 11) is -3.08. The first kappa shape index (κ1) is 22.8. The SMILES string of the molecule is O=C(NC1CCS(=O)(=O)C1)c1nc(-c2ccc(NCC3(c4ncccc4F)CCC3)nn2)[c]s1. The molecular weight excluding hydrogens is 479 g/mol. The van der Waals surface area contributed by atoms with E-state index in [1.54, 1.807) is 24.4 Å². The maximum absolute atomic E-state index is 14.3. The maximum Gasteiger partial charge on any atom is 0.280 e. The number of rotatable bonds is 7. The molecule has 0 aromatic carbocycles. The molecule has 3 aromatic rings. The number of nitrogens with zero attached hydrogens (tertiary/aromatic N) is 4. The number of pyridine rings is 1. The van der Waals surface area contributed by atoms with Crippen LogP contribution in [0.4, 0.5) is 10.2 Å². The Morgan fingerprint density at radius 2 is 2.12 bits per heavy atom. The topological polar surface area (TPSA) is 127 Å². The average molecular weight is 502 g/mol. The highest BCUT2D eigenvalue weighted by atomic mass is 32.2. The normalized spacial score (nSPS) is 20.4. The van der Waals surface area contributed by atoms with Crippen molar-refractivity contribution in [1.82, 2.24) is 25.5 Å². The molecule has 34 heavy (non-hydrogen) atoms. The first-order valence-electron chi connectivity index (χ1n) is 10.9. The van der Waals surface area contributed by atoms with Crippen molar-refractivity contribution in [1.29, 1.82) is 0 Å². The summed E-state index contributed by atoms with van der Waals surface area (Å²) in [6.45, 7) is 0.499. The smallest absolute Gasteiger partial charge is 0.280 e. The highest BCUT2D eigenvalue weighted by Crippen LogP contribution is 2.43. The molecule has 1 amide bonds. The number of hydrogen-bond donors (Lipinski definition) is 2. The van der Waals surface area contributed by atoms with E-state index >= 15 is 0 Å². The molecule has 2 N–H and O–H groups in total. The van der Waals surface area contributed by atoms with Crippen molar-refractivity contribution in [2.75, 3.05) is 23.4 Å². The maximum atomic E-state index is 14.3. The Bertz CT molecular complexity index is 1310.